The van der Waals surface area contributed by atoms with Crippen molar-refractivity contribution in [1.29, 1.82) is 0 Å². The number of hydrogen-bond donors (Lipinski definition) is 1. The van der Waals surface area contributed by atoms with Crippen LogP contribution in [0, 0.1) is 0 Å². The molecule has 0 radical (unpaired) electrons. The van der Waals surface area contributed by atoms with Gasteiger partial charge in [-0.15, -0.1) is 0 Å². The summed E-state index contributed by atoms with van der Waals surface area (Å²) in [6.07, 6.45) is -0.892. The summed E-state index contributed by atoms with van der Waals surface area (Å²) < 4.78 is 99.6. The van der Waals surface area contributed by atoms with E-state index in [4.69, 9.17) is 50.4 Å². The van der Waals surface area contributed by atoms with E-state index in [2.05, 4.69) is 118 Å². The number of rotatable bonds is 20. The van der Waals surface area contributed by atoms with Crippen molar-refractivity contribution in [2.24, 2.45) is 5.14 Å². The Kier molecular flexibility index (Phi) is 17.0. The zero-order valence-electron chi connectivity index (χ0n) is 40.9. The second kappa shape index (κ2) is 18.7. The Labute approximate surface area is 371 Å². The Hall–Kier alpha value is 0.0482. The van der Waals surface area contributed by atoms with Crippen molar-refractivity contribution < 1.29 is 53.7 Å². The molecule has 2 heterocycles. The molecule has 14 nitrogen and oxygen atoms in total. The van der Waals surface area contributed by atoms with Crippen LogP contribution < -0.4 is 10.2 Å². The van der Waals surface area contributed by atoms with Gasteiger partial charge in [-0.3, -0.25) is 0 Å². The first kappa shape index (κ1) is 54.4. The van der Waals surface area contributed by atoms with Gasteiger partial charge in [0.15, 0.2) is 49.9 Å². The number of hydroxylamine groups is 1. The zero-order valence-corrected chi connectivity index (χ0v) is 48.7. The van der Waals surface area contributed by atoms with Gasteiger partial charge in [-0.2, -0.15) is 0 Å². The summed E-state index contributed by atoms with van der Waals surface area (Å²) >= 11 is 0. The first-order chi connectivity index (χ1) is 26.6. The van der Waals surface area contributed by atoms with Crippen LogP contribution >= 0.6 is 0 Å². The molecule has 350 valence electrons. The van der Waals surface area contributed by atoms with Crippen LogP contribution in [0.5, 0.6) is 0 Å². The van der Waals surface area contributed by atoms with Gasteiger partial charge in [0.2, 0.25) is 36.2 Å². The average Bonchev–Trinajstić information content (AvgIpc) is 2.98. The van der Waals surface area contributed by atoms with E-state index in [0.717, 1.165) is 6.42 Å². The molecule has 2 saturated heterocycles. The van der Waals surface area contributed by atoms with Crippen LogP contribution in [0.1, 0.15) is 19.3 Å². The van der Waals surface area contributed by atoms with Crippen molar-refractivity contribution >= 4 is 73.9 Å². The molecule has 22 heteroatoms. The topological polar surface area (TPSA) is 156 Å². The maximum Gasteiger partial charge on any atom is 0.312 e. The van der Waals surface area contributed by atoms with Crippen LogP contribution in [0.15, 0.2) is 29.2 Å². The SMILES string of the molecule is C[Si](C)(C)OC1COC(O[Si](C)(C)C)C(OC2(C(O[Si](C)(C)C)(O[Si](C)(C)C)N(O[Si](C)(C)C)c3cccc(S(N)(=O)=O)c3)CCCCO2)(O[Si](C)(C)C)C1O[Si](C)(C)C. The van der Waals surface area contributed by atoms with Crippen LogP contribution in [-0.4, -0.2) is 116 Å². The van der Waals surface area contributed by atoms with E-state index in [1.165, 1.54) is 12.1 Å². The molecule has 5 unspecified atom stereocenters. The number of nitrogens with two attached hydrogens (primary N) is 1. The van der Waals surface area contributed by atoms with Crippen molar-refractivity contribution in [3.63, 3.8) is 0 Å². The van der Waals surface area contributed by atoms with E-state index in [1.807, 2.05) is 19.6 Å². The molecule has 2 aliphatic rings. The molecule has 5 atom stereocenters. The van der Waals surface area contributed by atoms with E-state index >= 15 is 0 Å². The molecule has 0 aromatic heterocycles. The third-order valence-electron chi connectivity index (χ3n) is 8.33. The Morgan fingerprint density at radius 3 is 1.65 bits per heavy atom. The molecule has 0 aliphatic carbocycles. The van der Waals surface area contributed by atoms with Gasteiger partial charge in [-0.1, -0.05) is 6.07 Å². The summed E-state index contributed by atoms with van der Waals surface area (Å²) in [6, 6.07) is 6.36. The number of nitrogens with zero attached hydrogens (tertiary/aromatic N) is 1. The molecule has 0 saturated carbocycles. The van der Waals surface area contributed by atoms with Crippen molar-refractivity contribution in [1.82, 2.24) is 0 Å². The van der Waals surface area contributed by atoms with Gasteiger partial charge in [0, 0.05) is 6.42 Å². The summed E-state index contributed by atoms with van der Waals surface area (Å²) in [4.78, 5) is -0.101. The van der Waals surface area contributed by atoms with Gasteiger partial charge in [-0.05, 0) is 169 Å². The zero-order chi connectivity index (χ0) is 46.4. The summed E-state index contributed by atoms with van der Waals surface area (Å²) in [5.41, 5.74) is 0.336. The highest BCUT2D eigenvalue weighted by molar-refractivity contribution is 7.89. The maximum atomic E-state index is 13.0. The largest absolute Gasteiger partial charge is 0.410 e. The highest BCUT2D eigenvalue weighted by Crippen LogP contribution is 2.53. The fraction of sp³-hybridized carbons (Fsp3) is 0.842. The third kappa shape index (κ3) is 15.6. The molecular weight excluding hydrogens is 905 g/mol. The minimum atomic E-state index is -4.15. The lowest BCUT2D eigenvalue weighted by Gasteiger charge is -2.62. The van der Waals surface area contributed by atoms with E-state index in [0.29, 0.717) is 12.1 Å². The maximum absolute atomic E-state index is 13.0. The van der Waals surface area contributed by atoms with Gasteiger partial charge in [-0.25, -0.2) is 18.6 Å². The smallest absolute Gasteiger partial charge is 0.312 e. The number of benzene rings is 1. The lowest BCUT2D eigenvalue weighted by atomic mass is 9.96. The fourth-order valence-corrected chi connectivity index (χ4v) is 14.9. The molecule has 3 rings (SSSR count). The van der Waals surface area contributed by atoms with Gasteiger partial charge >= 0.3 is 5.91 Å². The lowest BCUT2D eigenvalue weighted by Crippen LogP contribution is -2.80. The van der Waals surface area contributed by atoms with Crippen molar-refractivity contribution in [3.05, 3.63) is 24.3 Å². The Bertz CT molecular complexity index is 1680. The summed E-state index contributed by atoms with van der Waals surface area (Å²) in [5.74, 6) is -5.68. The second-order valence-electron chi connectivity index (χ2n) is 23.0. The normalized spacial score (nSPS) is 26.0. The Morgan fingerprint density at radius 2 is 1.23 bits per heavy atom. The number of anilines is 1. The average molecular weight is 988 g/mol. The highest BCUT2D eigenvalue weighted by Gasteiger charge is 2.72. The second-order valence-corrected chi connectivity index (χ2v) is 55.6. The van der Waals surface area contributed by atoms with E-state index in [1.54, 1.807) is 17.2 Å². The highest BCUT2D eigenvalue weighted by atomic mass is 32.2. The molecule has 2 aliphatic heterocycles. The van der Waals surface area contributed by atoms with Crippen LogP contribution in [0.4, 0.5) is 5.69 Å². The van der Waals surface area contributed by atoms with E-state index in [9.17, 15) is 8.42 Å². The van der Waals surface area contributed by atoms with E-state index < -0.39 is 104 Å². The van der Waals surface area contributed by atoms with Crippen LogP contribution in [0.25, 0.3) is 0 Å². The predicted molar refractivity (Wildman–Crippen MR) is 258 cm³/mol. The first-order valence-electron chi connectivity index (χ1n) is 21.3. The summed E-state index contributed by atoms with van der Waals surface area (Å²) in [7, 11) is -22.2. The molecular formula is C38H82N2O12SSi7. The number of hydrogen-bond acceptors (Lipinski definition) is 13. The first-order valence-corrected chi connectivity index (χ1v) is 46.7. The van der Waals surface area contributed by atoms with Crippen molar-refractivity contribution in [2.75, 3.05) is 18.3 Å². The predicted octanol–water partition coefficient (Wildman–Crippen LogP) is 9.37. The Morgan fingerprint density at radius 1 is 0.700 bits per heavy atom. The van der Waals surface area contributed by atoms with Gasteiger partial charge in [0.1, 0.15) is 6.10 Å². The monoisotopic (exact) mass is 986 g/mol. The van der Waals surface area contributed by atoms with Gasteiger partial charge in [0.05, 0.1) is 29.9 Å². The lowest BCUT2D eigenvalue weighted by molar-refractivity contribution is -0.482. The number of primary sulfonamides is 1. The minimum Gasteiger partial charge on any atom is -0.410 e. The van der Waals surface area contributed by atoms with Crippen LogP contribution in [0.2, 0.25) is 137 Å². The standard InChI is InChI=1S/C38H82N2O12SSi7/c1-54(2,3)45-33-30-43-35(47-56(7,8)9)37(49-57(10,11)12,34(33)46-55(4,5)6)48-36(27-22-23-28-44-36)38(50-58(13,14)15,51-59(16,17)18)40(52-60(19,20)21)31-25-24-26-32(29-31)53(39,41)42/h24-26,29,33-35H,22-23,27-28,30H2,1-21H3,(H2,39,41,42). The molecule has 1 aromatic rings. The third-order valence-corrected chi connectivity index (χ3v) is 15.6. The minimum absolute atomic E-state index is 0.101. The van der Waals surface area contributed by atoms with Crippen LogP contribution in [0.3, 0.4) is 0 Å². The van der Waals surface area contributed by atoms with Gasteiger partial charge in [0.25, 0.3) is 0 Å². The van der Waals surface area contributed by atoms with E-state index in [-0.39, 0.29) is 24.5 Å². The molecule has 60 heavy (non-hydrogen) atoms. The molecule has 2 N–H and O–H groups in total. The molecule has 0 amide bonds. The summed E-state index contributed by atoms with van der Waals surface area (Å²) in [6.45, 7) is 44.6. The van der Waals surface area contributed by atoms with Crippen molar-refractivity contribution in [3.8, 4) is 0 Å². The fourth-order valence-electron chi connectivity index (χ4n) is 7.03. The van der Waals surface area contributed by atoms with Crippen molar-refractivity contribution in [2.45, 2.75) is 198 Å². The number of sulfonamides is 1. The summed E-state index contributed by atoms with van der Waals surface area (Å²) in [5, 5.41) is 7.39. The molecule has 0 spiro atoms. The van der Waals surface area contributed by atoms with Gasteiger partial charge < -0.3 is 45.3 Å². The quantitative estimate of drug-likeness (QED) is 0.0750. The molecule has 2 fully saturated rings. The van der Waals surface area contributed by atoms with Crippen LogP contribution in [-0.2, 0) is 55.3 Å². The molecule has 1 aromatic carbocycles. The number of ether oxygens (including phenoxy) is 3. The molecule has 0 bridgehead atoms. The Balaban J connectivity index is 2.73.